The van der Waals surface area contributed by atoms with Gasteiger partial charge in [-0.15, -0.1) is 0 Å². The second kappa shape index (κ2) is 6.44. The van der Waals surface area contributed by atoms with E-state index in [1.807, 2.05) is 0 Å². The molecule has 0 bridgehead atoms. The van der Waals surface area contributed by atoms with Crippen molar-refractivity contribution in [2.24, 2.45) is 11.3 Å². The Hall–Kier alpha value is -0.610. The van der Waals surface area contributed by atoms with E-state index in [0.717, 1.165) is 45.3 Å². The maximum atomic E-state index is 11.8. The monoisotopic (exact) mass is 282 g/mol. The lowest BCUT2D eigenvalue weighted by Crippen LogP contribution is -2.49. The van der Waals surface area contributed by atoms with Crippen molar-refractivity contribution in [1.82, 2.24) is 9.80 Å². The Morgan fingerprint density at radius 1 is 1.25 bits per heavy atom. The van der Waals surface area contributed by atoms with Gasteiger partial charge >= 0.3 is 5.97 Å². The molecule has 0 radical (unpaired) electrons. The summed E-state index contributed by atoms with van der Waals surface area (Å²) in [5, 5.41) is 9.73. The van der Waals surface area contributed by atoms with Crippen molar-refractivity contribution >= 4 is 5.97 Å². The first-order chi connectivity index (χ1) is 9.43. The van der Waals surface area contributed by atoms with Gasteiger partial charge in [0, 0.05) is 12.6 Å². The first-order valence-electron chi connectivity index (χ1n) is 8.05. The van der Waals surface area contributed by atoms with Gasteiger partial charge in [0.25, 0.3) is 0 Å². The molecular formula is C16H30N2O2. The summed E-state index contributed by atoms with van der Waals surface area (Å²) in [6.45, 7) is 5.23. The van der Waals surface area contributed by atoms with E-state index in [4.69, 9.17) is 0 Å². The van der Waals surface area contributed by atoms with E-state index in [2.05, 4.69) is 30.8 Å². The number of aliphatic carboxylic acids is 1. The molecule has 1 N–H and O–H groups in total. The molecule has 1 aliphatic heterocycles. The molecule has 0 aromatic heterocycles. The Balaban J connectivity index is 1.96. The lowest BCUT2D eigenvalue weighted by molar-refractivity contribution is -0.153. The molecular weight excluding hydrogens is 252 g/mol. The molecule has 116 valence electrons. The van der Waals surface area contributed by atoms with Crippen LogP contribution in [0.3, 0.4) is 0 Å². The summed E-state index contributed by atoms with van der Waals surface area (Å²) in [6.07, 6.45) is 6.15. The molecule has 0 atom stereocenters. The number of carboxylic acids is 1. The molecule has 0 aromatic carbocycles. The Labute approximate surface area is 123 Å². The first kappa shape index (κ1) is 15.8. The van der Waals surface area contributed by atoms with Gasteiger partial charge in [-0.25, -0.2) is 0 Å². The third-order valence-electron chi connectivity index (χ3n) is 5.55. The van der Waals surface area contributed by atoms with Crippen molar-refractivity contribution in [3.63, 3.8) is 0 Å². The first-order valence-corrected chi connectivity index (χ1v) is 8.05. The van der Waals surface area contributed by atoms with E-state index in [1.165, 1.54) is 12.8 Å². The number of rotatable bonds is 4. The lowest BCUT2D eigenvalue weighted by Gasteiger charge is -2.42. The molecule has 0 unspecified atom stereocenters. The van der Waals surface area contributed by atoms with Crippen LogP contribution in [0.5, 0.6) is 0 Å². The minimum atomic E-state index is -0.579. The Bertz CT molecular complexity index is 329. The Morgan fingerprint density at radius 3 is 2.30 bits per heavy atom. The van der Waals surface area contributed by atoms with Crippen LogP contribution in [0.25, 0.3) is 0 Å². The molecule has 1 heterocycles. The maximum absolute atomic E-state index is 11.8. The molecule has 1 aliphatic carbocycles. The van der Waals surface area contributed by atoms with Crippen LogP contribution < -0.4 is 0 Å². The smallest absolute Gasteiger partial charge is 0.310 e. The van der Waals surface area contributed by atoms with Gasteiger partial charge < -0.3 is 14.9 Å². The molecule has 0 spiro atoms. The highest BCUT2D eigenvalue weighted by Crippen LogP contribution is 2.40. The molecule has 4 nitrogen and oxygen atoms in total. The number of likely N-dealkylation sites (tertiary alicyclic amines) is 1. The Morgan fingerprint density at radius 2 is 1.80 bits per heavy atom. The predicted octanol–water partition coefficient (Wildman–Crippen LogP) is 2.29. The van der Waals surface area contributed by atoms with Gasteiger partial charge in [-0.05, 0) is 71.6 Å². The fraction of sp³-hybridized carbons (Fsp3) is 0.938. The van der Waals surface area contributed by atoms with Crippen LogP contribution in [0.4, 0.5) is 0 Å². The van der Waals surface area contributed by atoms with Crippen LogP contribution in [0.15, 0.2) is 0 Å². The molecule has 2 fully saturated rings. The van der Waals surface area contributed by atoms with Crippen LogP contribution in [0, 0.1) is 11.3 Å². The van der Waals surface area contributed by atoms with Crippen molar-refractivity contribution in [2.75, 3.05) is 33.7 Å². The van der Waals surface area contributed by atoms with Gasteiger partial charge in [-0.2, -0.15) is 0 Å². The number of nitrogens with zero attached hydrogens (tertiary/aromatic N) is 2. The van der Waals surface area contributed by atoms with Crippen LogP contribution >= 0.6 is 0 Å². The summed E-state index contributed by atoms with van der Waals surface area (Å²) in [5.41, 5.74) is -0.495. The van der Waals surface area contributed by atoms with Gasteiger partial charge in [-0.1, -0.05) is 6.92 Å². The summed E-state index contributed by atoms with van der Waals surface area (Å²) >= 11 is 0. The highest BCUT2D eigenvalue weighted by Gasteiger charge is 2.42. The fourth-order valence-corrected chi connectivity index (χ4v) is 3.80. The van der Waals surface area contributed by atoms with E-state index < -0.39 is 11.4 Å². The fourth-order valence-electron chi connectivity index (χ4n) is 3.80. The number of hydrogen-bond donors (Lipinski definition) is 1. The zero-order valence-corrected chi connectivity index (χ0v) is 13.3. The topological polar surface area (TPSA) is 43.8 Å². The lowest BCUT2D eigenvalue weighted by atomic mass is 9.70. The zero-order chi connectivity index (χ0) is 14.8. The van der Waals surface area contributed by atoms with Gasteiger partial charge in [0.05, 0.1) is 5.41 Å². The second-order valence-electron chi connectivity index (χ2n) is 7.22. The standard InChI is InChI=1S/C16H30N2O2/c1-13-4-8-16(9-5-13,15(19)20)12-18(3)14-6-10-17(2)11-7-14/h13-14H,4-12H2,1-3H3,(H,19,20). The predicted molar refractivity (Wildman–Crippen MR) is 80.8 cm³/mol. The minimum Gasteiger partial charge on any atom is -0.481 e. The highest BCUT2D eigenvalue weighted by atomic mass is 16.4. The Kier molecular flexibility index (Phi) is 5.08. The van der Waals surface area contributed by atoms with E-state index in [0.29, 0.717) is 12.0 Å². The van der Waals surface area contributed by atoms with Gasteiger partial charge in [0.15, 0.2) is 0 Å². The number of carbonyl (C=O) groups is 1. The SMILES string of the molecule is CC1CCC(CN(C)C2CCN(C)CC2)(C(=O)O)CC1. The molecule has 20 heavy (non-hydrogen) atoms. The second-order valence-corrected chi connectivity index (χ2v) is 7.22. The molecule has 4 heteroatoms. The minimum absolute atomic E-state index is 0.495. The summed E-state index contributed by atoms with van der Waals surface area (Å²) < 4.78 is 0. The average Bonchev–Trinajstić information content (AvgIpc) is 2.42. The normalized spacial score (nSPS) is 33.5. The van der Waals surface area contributed by atoms with Crippen molar-refractivity contribution in [3.05, 3.63) is 0 Å². The van der Waals surface area contributed by atoms with E-state index in [9.17, 15) is 9.90 Å². The third kappa shape index (κ3) is 3.53. The number of carboxylic acid groups (broad SMARTS) is 1. The van der Waals surface area contributed by atoms with Crippen LogP contribution in [0.2, 0.25) is 0 Å². The zero-order valence-electron chi connectivity index (χ0n) is 13.3. The maximum Gasteiger partial charge on any atom is 0.310 e. The van der Waals surface area contributed by atoms with Crippen LogP contribution in [-0.2, 0) is 4.79 Å². The third-order valence-corrected chi connectivity index (χ3v) is 5.55. The van der Waals surface area contributed by atoms with Gasteiger partial charge in [-0.3, -0.25) is 4.79 Å². The molecule has 1 saturated carbocycles. The van der Waals surface area contributed by atoms with Crippen molar-refractivity contribution in [1.29, 1.82) is 0 Å². The molecule has 0 amide bonds. The van der Waals surface area contributed by atoms with Crippen molar-refractivity contribution < 1.29 is 9.90 Å². The summed E-state index contributed by atoms with van der Waals surface area (Å²) in [6, 6.07) is 0.557. The average molecular weight is 282 g/mol. The van der Waals surface area contributed by atoms with E-state index in [-0.39, 0.29) is 0 Å². The molecule has 2 rings (SSSR count). The summed E-state index contributed by atoms with van der Waals surface area (Å²) in [4.78, 5) is 16.5. The van der Waals surface area contributed by atoms with E-state index >= 15 is 0 Å². The van der Waals surface area contributed by atoms with Crippen LogP contribution in [-0.4, -0.2) is 60.6 Å². The summed E-state index contributed by atoms with van der Waals surface area (Å²) in [5.74, 6) is 0.111. The number of hydrogen-bond acceptors (Lipinski definition) is 3. The molecule has 0 aromatic rings. The number of piperidine rings is 1. The van der Waals surface area contributed by atoms with Crippen molar-refractivity contribution in [2.45, 2.75) is 51.5 Å². The van der Waals surface area contributed by atoms with Gasteiger partial charge in [0.1, 0.15) is 0 Å². The van der Waals surface area contributed by atoms with Crippen molar-refractivity contribution in [3.8, 4) is 0 Å². The summed E-state index contributed by atoms with van der Waals surface area (Å²) in [7, 11) is 4.29. The quantitative estimate of drug-likeness (QED) is 0.859. The largest absolute Gasteiger partial charge is 0.481 e. The van der Waals surface area contributed by atoms with Crippen LogP contribution in [0.1, 0.15) is 45.4 Å². The molecule has 1 saturated heterocycles. The van der Waals surface area contributed by atoms with E-state index in [1.54, 1.807) is 0 Å². The molecule has 2 aliphatic rings. The highest BCUT2D eigenvalue weighted by molar-refractivity contribution is 5.75. The van der Waals surface area contributed by atoms with Gasteiger partial charge in [0.2, 0.25) is 0 Å².